The van der Waals surface area contributed by atoms with Crippen LogP contribution in [-0.2, 0) is 16.4 Å². The molecule has 0 fully saturated rings. The number of hydrogen-bond donors (Lipinski definition) is 2. The van der Waals surface area contributed by atoms with E-state index in [0.29, 0.717) is 30.5 Å². The number of aryl methyl sites for hydroxylation is 1. The Morgan fingerprint density at radius 2 is 1.68 bits per heavy atom. The summed E-state index contributed by atoms with van der Waals surface area (Å²) in [6, 6.07) is 18.1. The van der Waals surface area contributed by atoms with E-state index in [4.69, 9.17) is 9.66 Å². The van der Waals surface area contributed by atoms with E-state index in [1.807, 2.05) is 43.3 Å². The van der Waals surface area contributed by atoms with Gasteiger partial charge in [0.05, 0.1) is 10.5 Å². The van der Waals surface area contributed by atoms with Crippen molar-refractivity contribution < 1.29 is 12.9 Å². The van der Waals surface area contributed by atoms with Gasteiger partial charge in [-0.25, -0.2) is 18.5 Å². The van der Waals surface area contributed by atoms with Crippen molar-refractivity contribution in [1.82, 2.24) is 15.1 Å². The molecule has 4 aromatic rings. The Kier molecular flexibility index (Phi) is 5.79. The van der Waals surface area contributed by atoms with Crippen LogP contribution < -0.4 is 10.5 Å². The van der Waals surface area contributed by atoms with Crippen molar-refractivity contribution in [2.45, 2.75) is 18.2 Å². The zero-order valence-electron chi connectivity index (χ0n) is 16.8. The molecule has 2 heterocycles. The first kappa shape index (κ1) is 20.7. The van der Waals surface area contributed by atoms with Crippen LogP contribution >= 0.6 is 0 Å². The first-order valence-electron chi connectivity index (χ1n) is 9.61. The number of nitrogens with zero attached hydrogens (tertiary/aromatic N) is 3. The minimum absolute atomic E-state index is 0.105. The minimum atomic E-state index is -3.67. The van der Waals surface area contributed by atoms with E-state index in [0.717, 1.165) is 16.7 Å². The van der Waals surface area contributed by atoms with Gasteiger partial charge in [0, 0.05) is 18.3 Å². The minimum Gasteiger partial charge on any atom is -0.370 e. The number of hydrogen-bond acceptors (Lipinski definition) is 7. The smallest absolute Gasteiger partial charge is 0.259 e. The van der Waals surface area contributed by atoms with Gasteiger partial charge in [-0.05, 0) is 43.2 Å². The standard InChI is InChI=1S/C22H21N5O3S/c1-15-2-6-17(7-3-15)21-26-22(30-27-21)18-8-11-20(25-14-18)24-13-12-16-4-9-19(10-5-16)31(23,28)29/h2-11,14H,12-13H2,1H3,(H,24,25)(H2,23,28,29). The normalized spacial score (nSPS) is 11.4. The average molecular weight is 436 g/mol. The summed E-state index contributed by atoms with van der Waals surface area (Å²) in [4.78, 5) is 8.94. The van der Waals surface area contributed by atoms with E-state index >= 15 is 0 Å². The van der Waals surface area contributed by atoms with Crippen LogP contribution in [0.3, 0.4) is 0 Å². The summed E-state index contributed by atoms with van der Waals surface area (Å²) >= 11 is 0. The molecule has 0 saturated heterocycles. The molecule has 0 aliphatic rings. The number of anilines is 1. The summed E-state index contributed by atoms with van der Waals surface area (Å²) in [6.07, 6.45) is 2.38. The lowest BCUT2D eigenvalue weighted by molar-refractivity contribution is 0.432. The molecule has 0 atom stereocenters. The highest BCUT2D eigenvalue weighted by molar-refractivity contribution is 7.89. The molecule has 0 bridgehead atoms. The molecule has 0 radical (unpaired) electrons. The third-order valence-electron chi connectivity index (χ3n) is 4.72. The van der Waals surface area contributed by atoms with Gasteiger partial charge in [0.15, 0.2) is 0 Å². The highest BCUT2D eigenvalue weighted by Gasteiger charge is 2.11. The molecule has 8 nitrogen and oxygen atoms in total. The first-order valence-corrected chi connectivity index (χ1v) is 11.2. The molecule has 0 amide bonds. The molecular formula is C22H21N5O3S. The Labute approximate surface area is 180 Å². The number of nitrogens with one attached hydrogen (secondary N) is 1. The van der Waals surface area contributed by atoms with Gasteiger partial charge in [0.1, 0.15) is 5.82 Å². The fraction of sp³-hybridized carbons (Fsp3) is 0.136. The fourth-order valence-electron chi connectivity index (χ4n) is 2.97. The van der Waals surface area contributed by atoms with Gasteiger partial charge in [-0.1, -0.05) is 47.1 Å². The Morgan fingerprint density at radius 1 is 0.968 bits per heavy atom. The Bertz CT molecular complexity index is 1270. The molecule has 0 saturated carbocycles. The van der Waals surface area contributed by atoms with E-state index in [2.05, 4.69) is 20.4 Å². The third kappa shape index (κ3) is 5.14. The van der Waals surface area contributed by atoms with Gasteiger partial charge in [0.2, 0.25) is 15.8 Å². The maximum Gasteiger partial charge on any atom is 0.259 e. The van der Waals surface area contributed by atoms with Crippen molar-refractivity contribution in [3.63, 3.8) is 0 Å². The molecule has 0 spiro atoms. The van der Waals surface area contributed by atoms with Crippen LogP contribution in [-0.4, -0.2) is 30.1 Å². The largest absolute Gasteiger partial charge is 0.370 e. The number of primary sulfonamides is 1. The van der Waals surface area contributed by atoms with Gasteiger partial charge in [-0.3, -0.25) is 0 Å². The Balaban J connectivity index is 1.35. The van der Waals surface area contributed by atoms with Gasteiger partial charge in [0.25, 0.3) is 5.89 Å². The monoisotopic (exact) mass is 435 g/mol. The van der Waals surface area contributed by atoms with Crippen LogP contribution in [0.25, 0.3) is 22.8 Å². The number of rotatable bonds is 7. The lowest BCUT2D eigenvalue weighted by atomic mass is 10.1. The number of pyridine rings is 1. The lowest BCUT2D eigenvalue weighted by Gasteiger charge is -2.06. The molecule has 0 aliphatic heterocycles. The maximum absolute atomic E-state index is 11.3. The predicted molar refractivity (Wildman–Crippen MR) is 118 cm³/mol. The quantitative estimate of drug-likeness (QED) is 0.456. The van der Waals surface area contributed by atoms with Crippen molar-refractivity contribution in [1.29, 1.82) is 0 Å². The molecule has 3 N–H and O–H groups in total. The van der Waals surface area contributed by atoms with E-state index in [1.165, 1.54) is 17.7 Å². The van der Waals surface area contributed by atoms with Crippen LogP contribution in [0, 0.1) is 6.92 Å². The van der Waals surface area contributed by atoms with Crippen LogP contribution in [0.4, 0.5) is 5.82 Å². The van der Waals surface area contributed by atoms with Crippen molar-refractivity contribution in [2.24, 2.45) is 5.14 Å². The second-order valence-corrected chi connectivity index (χ2v) is 8.65. The van der Waals surface area contributed by atoms with Gasteiger partial charge in [-0.2, -0.15) is 4.98 Å². The summed E-state index contributed by atoms with van der Waals surface area (Å²) in [5, 5.41) is 12.4. The molecule has 31 heavy (non-hydrogen) atoms. The zero-order chi connectivity index (χ0) is 21.8. The SMILES string of the molecule is Cc1ccc(-c2noc(-c3ccc(NCCc4ccc(S(N)(=O)=O)cc4)nc3)n2)cc1. The van der Waals surface area contributed by atoms with Crippen LogP contribution in [0.15, 0.2) is 76.3 Å². The maximum atomic E-state index is 11.3. The molecular weight excluding hydrogens is 414 g/mol. The van der Waals surface area contributed by atoms with Crippen LogP contribution in [0.1, 0.15) is 11.1 Å². The Hall–Kier alpha value is -3.56. The predicted octanol–water partition coefficient (Wildman–Crippen LogP) is 3.41. The summed E-state index contributed by atoms with van der Waals surface area (Å²) in [5.41, 5.74) is 3.78. The molecule has 2 aromatic carbocycles. The summed E-state index contributed by atoms with van der Waals surface area (Å²) < 4.78 is 28.0. The van der Waals surface area contributed by atoms with Gasteiger partial charge in [-0.15, -0.1) is 0 Å². The van der Waals surface area contributed by atoms with Gasteiger partial charge >= 0.3 is 0 Å². The third-order valence-corrected chi connectivity index (χ3v) is 5.65. The zero-order valence-corrected chi connectivity index (χ0v) is 17.6. The highest BCUT2D eigenvalue weighted by Crippen LogP contribution is 2.22. The van der Waals surface area contributed by atoms with Crippen molar-refractivity contribution in [2.75, 3.05) is 11.9 Å². The van der Waals surface area contributed by atoms with E-state index in [1.54, 1.807) is 18.3 Å². The number of benzene rings is 2. The molecule has 0 aliphatic carbocycles. The fourth-order valence-corrected chi connectivity index (χ4v) is 3.48. The van der Waals surface area contributed by atoms with Crippen LogP contribution in [0.2, 0.25) is 0 Å². The summed E-state index contributed by atoms with van der Waals surface area (Å²) in [5.74, 6) is 1.65. The van der Waals surface area contributed by atoms with E-state index in [-0.39, 0.29) is 4.90 Å². The average Bonchev–Trinajstić information content (AvgIpc) is 3.25. The molecule has 0 unspecified atom stereocenters. The first-order chi connectivity index (χ1) is 14.9. The van der Waals surface area contributed by atoms with Crippen molar-refractivity contribution in [3.8, 4) is 22.8 Å². The number of aromatic nitrogens is 3. The topological polar surface area (TPSA) is 124 Å². The molecule has 4 rings (SSSR count). The number of nitrogens with two attached hydrogens (primary N) is 1. The van der Waals surface area contributed by atoms with Gasteiger partial charge < -0.3 is 9.84 Å². The molecule has 158 valence electrons. The summed E-state index contributed by atoms with van der Waals surface area (Å²) in [6.45, 7) is 2.66. The molecule has 2 aromatic heterocycles. The highest BCUT2D eigenvalue weighted by atomic mass is 32.2. The van der Waals surface area contributed by atoms with E-state index < -0.39 is 10.0 Å². The second-order valence-electron chi connectivity index (χ2n) is 7.09. The lowest BCUT2D eigenvalue weighted by Crippen LogP contribution is -2.12. The second kappa shape index (κ2) is 8.66. The van der Waals surface area contributed by atoms with Crippen molar-refractivity contribution in [3.05, 3.63) is 78.0 Å². The molecule has 9 heteroatoms. The van der Waals surface area contributed by atoms with Crippen LogP contribution in [0.5, 0.6) is 0 Å². The summed E-state index contributed by atoms with van der Waals surface area (Å²) in [7, 11) is -3.67. The van der Waals surface area contributed by atoms with Crippen molar-refractivity contribution >= 4 is 15.8 Å². The Morgan fingerprint density at radius 3 is 2.32 bits per heavy atom. The van der Waals surface area contributed by atoms with E-state index in [9.17, 15) is 8.42 Å². The number of sulfonamides is 1.